The minimum absolute atomic E-state index is 0.351. The van der Waals surface area contributed by atoms with Crippen molar-refractivity contribution in [2.45, 2.75) is 52.2 Å². The highest BCUT2D eigenvalue weighted by atomic mass is 16.5. The molecule has 2 rings (SSSR count). The summed E-state index contributed by atoms with van der Waals surface area (Å²) in [5, 5.41) is 3.71. The predicted molar refractivity (Wildman–Crippen MR) is 86.7 cm³/mol. The molecule has 118 valence electrons. The maximum absolute atomic E-state index is 5.39. The number of hydrogen-bond acceptors (Lipinski definition) is 3. The van der Waals surface area contributed by atoms with Gasteiger partial charge in [0.1, 0.15) is 5.75 Å². The van der Waals surface area contributed by atoms with Crippen LogP contribution in [0.4, 0.5) is 0 Å². The van der Waals surface area contributed by atoms with Crippen LogP contribution in [-0.4, -0.2) is 20.8 Å². The van der Waals surface area contributed by atoms with Gasteiger partial charge in [0.25, 0.3) is 0 Å². The molecule has 1 saturated carbocycles. The van der Waals surface area contributed by atoms with E-state index in [1.165, 1.54) is 31.2 Å². The SMILES string of the molecule is COCc1cc(C(C)NCC2(C)CCCC2)ccc1OC. The number of rotatable bonds is 7. The lowest BCUT2D eigenvalue weighted by atomic mass is 9.88. The second-order valence-electron chi connectivity index (χ2n) is 6.62. The first-order valence-corrected chi connectivity index (χ1v) is 7.97. The molecule has 0 amide bonds. The van der Waals surface area contributed by atoms with Crippen LogP contribution in [0.2, 0.25) is 0 Å². The first-order valence-electron chi connectivity index (χ1n) is 7.97. The number of benzene rings is 1. The molecule has 1 aliphatic rings. The van der Waals surface area contributed by atoms with Crippen molar-refractivity contribution in [3.63, 3.8) is 0 Å². The molecule has 0 aliphatic heterocycles. The first kappa shape index (κ1) is 16.3. The van der Waals surface area contributed by atoms with Crippen molar-refractivity contribution in [3.05, 3.63) is 29.3 Å². The molecular weight excluding hydrogens is 262 g/mol. The van der Waals surface area contributed by atoms with Crippen LogP contribution in [0.1, 0.15) is 56.7 Å². The molecule has 1 aliphatic carbocycles. The molecule has 0 aromatic heterocycles. The van der Waals surface area contributed by atoms with Gasteiger partial charge in [-0.1, -0.05) is 25.8 Å². The predicted octanol–water partition coefficient (Wildman–Crippen LogP) is 4.07. The topological polar surface area (TPSA) is 30.5 Å². The molecule has 1 aromatic carbocycles. The molecule has 1 fully saturated rings. The summed E-state index contributed by atoms with van der Waals surface area (Å²) in [4.78, 5) is 0. The third-order valence-electron chi connectivity index (χ3n) is 4.75. The summed E-state index contributed by atoms with van der Waals surface area (Å²) < 4.78 is 10.7. The fraction of sp³-hybridized carbons (Fsp3) is 0.667. The summed E-state index contributed by atoms with van der Waals surface area (Å²) in [5.41, 5.74) is 2.89. The monoisotopic (exact) mass is 291 g/mol. The standard InChI is InChI=1S/C18H29NO2/c1-14(19-13-18(2)9-5-6-10-18)15-7-8-17(21-4)16(11-15)12-20-3/h7-8,11,14,19H,5-6,9-10,12-13H2,1-4H3. The molecule has 1 aromatic rings. The van der Waals surface area contributed by atoms with E-state index < -0.39 is 0 Å². The van der Waals surface area contributed by atoms with Crippen molar-refractivity contribution in [1.82, 2.24) is 5.32 Å². The Morgan fingerprint density at radius 2 is 1.95 bits per heavy atom. The van der Waals surface area contributed by atoms with Gasteiger partial charge in [-0.25, -0.2) is 0 Å². The lowest BCUT2D eigenvalue weighted by Crippen LogP contribution is -2.31. The van der Waals surface area contributed by atoms with Gasteiger partial charge in [0.15, 0.2) is 0 Å². The lowest BCUT2D eigenvalue weighted by Gasteiger charge is -2.27. The molecule has 0 heterocycles. The van der Waals surface area contributed by atoms with Crippen molar-refractivity contribution < 1.29 is 9.47 Å². The second kappa shape index (κ2) is 7.28. The number of hydrogen-bond donors (Lipinski definition) is 1. The molecule has 3 nitrogen and oxygen atoms in total. The number of ether oxygens (including phenoxy) is 2. The molecule has 0 spiro atoms. The number of nitrogens with one attached hydrogen (secondary N) is 1. The molecule has 3 heteroatoms. The Labute approximate surface area is 129 Å². The molecule has 0 saturated heterocycles. The van der Waals surface area contributed by atoms with E-state index >= 15 is 0 Å². The Morgan fingerprint density at radius 3 is 2.57 bits per heavy atom. The zero-order valence-electron chi connectivity index (χ0n) is 13.9. The van der Waals surface area contributed by atoms with E-state index in [0.717, 1.165) is 17.9 Å². The van der Waals surface area contributed by atoms with Crippen LogP contribution >= 0.6 is 0 Å². The summed E-state index contributed by atoms with van der Waals surface area (Å²) in [7, 11) is 3.42. The van der Waals surface area contributed by atoms with Gasteiger partial charge in [-0.3, -0.25) is 0 Å². The van der Waals surface area contributed by atoms with Crippen molar-refractivity contribution in [1.29, 1.82) is 0 Å². The van der Waals surface area contributed by atoms with Crippen molar-refractivity contribution >= 4 is 0 Å². The normalized spacial score (nSPS) is 18.7. The van der Waals surface area contributed by atoms with E-state index in [0.29, 0.717) is 18.1 Å². The van der Waals surface area contributed by atoms with Crippen LogP contribution in [0.15, 0.2) is 18.2 Å². The Kier molecular flexibility index (Phi) is 5.65. The Bertz CT molecular complexity index is 453. The van der Waals surface area contributed by atoms with Crippen molar-refractivity contribution in [2.24, 2.45) is 5.41 Å². The highest BCUT2D eigenvalue weighted by molar-refractivity contribution is 5.38. The third-order valence-corrected chi connectivity index (χ3v) is 4.75. The molecule has 21 heavy (non-hydrogen) atoms. The van der Waals surface area contributed by atoms with Crippen LogP contribution in [-0.2, 0) is 11.3 Å². The van der Waals surface area contributed by atoms with Crippen LogP contribution < -0.4 is 10.1 Å². The molecule has 1 unspecified atom stereocenters. The van der Waals surface area contributed by atoms with Gasteiger partial charge in [-0.15, -0.1) is 0 Å². The number of methoxy groups -OCH3 is 2. The van der Waals surface area contributed by atoms with E-state index in [-0.39, 0.29) is 0 Å². The van der Waals surface area contributed by atoms with E-state index in [1.807, 2.05) is 6.07 Å². The highest BCUT2D eigenvalue weighted by Gasteiger charge is 2.28. The van der Waals surface area contributed by atoms with E-state index in [4.69, 9.17) is 9.47 Å². The van der Waals surface area contributed by atoms with Gasteiger partial charge in [-0.05, 0) is 42.9 Å². The largest absolute Gasteiger partial charge is 0.496 e. The zero-order valence-corrected chi connectivity index (χ0v) is 13.9. The van der Waals surface area contributed by atoms with Gasteiger partial charge in [-0.2, -0.15) is 0 Å². The van der Waals surface area contributed by atoms with E-state index in [2.05, 4.69) is 31.3 Å². The van der Waals surface area contributed by atoms with Crippen LogP contribution in [0.25, 0.3) is 0 Å². The van der Waals surface area contributed by atoms with Crippen LogP contribution in [0.3, 0.4) is 0 Å². The van der Waals surface area contributed by atoms with Gasteiger partial charge in [0.05, 0.1) is 13.7 Å². The summed E-state index contributed by atoms with van der Waals surface area (Å²) >= 11 is 0. The summed E-state index contributed by atoms with van der Waals surface area (Å²) in [5.74, 6) is 0.899. The lowest BCUT2D eigenvalue weighted by molar-refractivity contribution is 0.181. The Hall–Kier alpha value is -1.06. The molecular formula is C18H29NO2. The van der Waals surface area contributed by atoms with Gasteiger partial charge in [0.2, 0.25) is 0 Å². The molecule has 0 bridgehead atoms. The minimum Gasteiger partial charge on any atom is -0.496 e. The summed E-state index contributed by atoms with van der Waals surface area (Å²) in [6.07, 6.45) is 5.47. The second-order valence-corrected chi connectivity index (χ2v) is 6.62. The molecule has 1 N–H and O–H groups in total. The summed E-state index contributed by atoms with van der Waals surface area (Å²) in [6.45, 7) is 6.32. The quantitative estimate of drug-likeness (QED) is 0.821. The smallest absolute Gasteiger partial charge is 0.124 e. The average molecular weight is 291 g/mol. The zero-order chi connectivity index (χ0) is 15.3. The fourth-order valence-electron chi connectivity index (χ4n) is 3.26. The Morgan fingerprint density at radius 1 is 1.24 bits per heavy atom. The Balaban J connectivity index is 2.01. The minimum atomic E-state index is 0.351. The molecule has 1 atom stereocenters. The van der Waals surface area contributed by atoms with Crippen LogP contribution in [0.5, 0.6) is 5.75 Å². The maximum Gasteiger partial charge on any atom is 0.124 e. The maximum atomic E-state index is 5.39. The van der Waals surface area contributed by atoms with Crippen LogP contribution in [0, 0.1) is 5.41 Å². The van der Waals surface area contributed by atoms with E-state index in [1.54, 1.807) is 14.2 Å². The fourth-order valence-corrected chi connectivity index (χ4v) is 3.26. The van der Waals surface area contributed by atoms with Crippen molar-refractivity contribution in [3.8, 4) is 5.75 Å². The molecule has 0 radical (unpaired) electrons. The van der Waals surface area contributed by atoms with Gasteiger partial charge in [0, 0.05) is 25.3 Å². The van der Waals surface area contributed by atoms with E-state index in [9.17, 15) is 0 Å². The summed E-state index contributed by atoms with van der Waals surface area (Å²) in [6, 6.07) is 6.73. The first-order chi connectivity index (χ1) is 10.1. The highest BCUT2D eigenvalue weighted by Crippen LogP contribution is 2.37. The van der Waals surface area contributed by atoms with Gasteiger partial charge >= 0.3 is 0 Å². The van der Waals surface area contributed by atoms with Crippen molar-refractivity contribution in [2.75, 3.05) is 20.8 Å². The third kappa shape index (κ3) is 4.21. The van der Waals surface area contributed by atoms with Gasteiger partial charge < -0.3 is 14.8 Å². The average Bonchev–Trinajstić information content (AvgIpc) is 2.92.